The Hall–Kier alpha value is -3.58. The van der Waals surface area contributed by atoms with Crippen molar-refractivity contribution in [3.8, 4) is 17.2 Å². The number of carbonyl (C=O) groups is 4. The van der Waals surface area contributed by atoms with Crippen molar-refractivity contribution in [2.24, 2.45) is 5.92 Å². The number of carboxylic acids is 1. The molecule has 1 aromatic rings. The number of unbranched alkanes of at least 4 members (excludes halogenated alkanes) is 2. The molecule has 3 aliphatic rings. The maximum absolute atomic E-state index is 13.9. The highest BCUT2D eigenvalue weighted by Crippen LogP contribution is 2.47. The number of quaternary nitrogens is 1. The summed E-state index contributed by atoms with van der Waals surface area (Å²) in [6, 6.07) is 2.59. The number of hydrogen-bond donors (Lipinski definition) is 1. The third-order valence-electron chi connectivity index (χ3n) is 9.29. The first-order valence-electron chi connectivity index (χ1n) is 16.4. The van der Waals surface area contributed by atoms with Gasteiger partial charge in [-0.05, 0) is 43.4 Å². The fraction of sp³-hybridized carbons (Fsp3) is 0.697. The largest absolute Gasteiger partial charge is 0.493 e. The van der Waals surface area contributed by atoms with Gasteiger partial charge in [0.2, 0.25) is 24.4 Å². The first-order valence-corrected chi connectivity index (χ1v) is 16.4. The second-order valence-electron chi connectivity index (χ2n) is 13.7. The quantitative estimate of drug-likeness (QED) is 0.213. The Labute approximate surface area is 272 Å². The fourth-order valence-corrected chi connectivity index (χ4v) is 6.72. The van der Waals surface area contributed by atoms with Gasteiger partial charge < -0.3 is 33.6 Å². The fourth-order valence-electron chi connectivity index (χ4n) is 6.72. The average Bonchev–Trinajstić information content (AvgIpc) is 3.62. The summed E-state index contributed by atoms with van der Waals surface area (Å²) in [5.74, 6) is -1.30. The molecule has 13 nitrogen and oxygen atoms in total. The lowest BCUT2D eigenvalue weighted by Gasteiger charge is -2.34. The van der Waals surface area contributed by atoms with Crippen LogP contribution in [0.4, 0.5) is 4.79 Å². The molecule has 0 unspecified atom stereocenters. The second-order valence-corrected chi connectivity index (χ2v) is 13.7. The highest BCUT2D eigenvalue weighted by Gasteiger charge is 2.48. The number of aliphatic carboxylic acids is 1. The highest BCUT2D eigenvalue weighted by atomic mass is 16.7. The van der Waals surface area contributed by atoms with Gasteiger partial charge in [0.1, 0.15) is 0 Å². The Morgan fingerprint density at radius 1 is 1.11 bits per heavy atom. The molecule has 3 heterocycles. The summed E-state index contributed by atoms with van der Waals surface area (Å²) in [5, 5.41) is 10.6. The molecule has 256 valence electrons. The van der Waals surface area contributed by atoms with Gasteiger partial charge in [-0.25, -0.2) is 4.79 Å². The van der Waals surface area contributed by atoms with E-state index in [1.54, 1.807) is 19.2 Å². The number of likely N-dealkylation sites (tertiary alicyclic amines) is 1. The molecule has 0 saturated carbocycles. The summed E-state index contributed by atoms with van der Waals surface area (Å²) in [4.78, 5) is 59.1. The minimum atomic E-state index is -1.00. The number of rotatable bonds is 16. The molecule has 4 amide bonds. The van der Waals surface area contributed by atoms with Crippen molar-refractivity contribution in [1.82, 2.24) is 19.6 Å². The summed E-state index contributed by atoms with van der Waals surface area (Å²) in [5.41, 5.74) is 0.710. The van der Waals surface area contributed by atoms with Crippen molar-refractivity contribution in [3.05, 3.63) is 17.7 Å². The number of hydrogen-bond acceptors (Lipinski definition) is 8. The van der Waals surface area contributed by atoms with E-state index in [1.165, 1.54) is 16.9 Å². The van der Waals surface area contributed by atoms with Crippen LogP contribution in [0.3, 0.4) is 0 Å². The van der Waals surface area contributed by atoms with E-state index in [0.717, 1.165) is 36.7 Å². The summed E-state index contributed by atoms with van der Waals surface area (Å²) in [6.45, 7) is 5.22. The number of imide groups is 1. The van der Waals surface area contributed by atoms with Gasteiger partial charge in [0.05, 0.1) is 47.3 Å². The molecule has 0 aliphatic carbocycles. The minimum Gasteiger partial charge on any atom is -0.493 e. The standard InChI is InChI=1S/C33H51N5O8/c1-7-8-13-35(14-9-10-17-38(3,4)5)29(40)21-36-20-24(23-18-26(44-6)31-27(19-23)45-22-46-31)30(32(41)42)25(36)11-16-37-28(39)12-15-34(2)33(37)43/h18-19,24-25,30H,7-17,20-22H2,1-6H3/p+1/t24-,25+,30-/m1/s1. The van der Waals surface area contributed by atoms with Crippen molar-refractivity contribution in [2.45, 2.75) is 57.4 Å². The average molecular weight is 647 g/mol. The number of carboxylic acid groups (broad SMARTS) is 1. The van der Waals surface area contributed by atoms with E-state index in [2.05, 4.69) is 28.1 Å². The van der Waals surface area contributed by atoms with Crippen LogP contribution < -0.4 is 14.2 Å². The lowest BCUT2D eigenvalue weighted by atomic mass is 9.84. The van der Waals surface area contributed by atoms with Crippen LogP contribution >= 0.6 is 0 Å². The Morgan fingerprint density at radius 2 is 1.85 bits per heavy atom. The molecule has 0 radical (unpaired) electrons. The molecule has 2 fully saturated rings. The van der Waals surface area contributed by atoms with E-state index in [4.69, 9.17) is 14.2 Å². The molecule has 46 heavy (non-hydrogen) atoms. The van der Waals surface area contributed by atoms with E-state index in [9.17, 15) is 24.3 Å². The number of nitrogens with zero attached hydrogens (tertiary/aromatic N) is 5. The number of fused-ring (bicyclic) bond motifs is 1. The maximum Gasteiger partial charge on any atom is 0.326 e. The number of carbonyl (C=O) groups excluding carboxylic acids is 3. The van der Waals surface area contributed by atoms with Crippen molar-refractivity contribution in [3.63, 3.8) is 0 Å². The number of benzene rings is 1. The van der Waals surface area contributed by atoms with Crippen molar-refractivity contribution in [1.29, 1.82) is 0 Å². The van der Waals surface area contributed by atoms with E-state index >= 15 is 0 Å². The lowest BCUT2D eigenvalue weighted by molar-refractivity contribution is -0.870. The van der Waals surface area contributed by atoms with Crippen molar-refractivity contribution < 1.29 is 43.0 Å². The normalized spacial score (nSPS) is 21.7. The third kappa shape index (κ3) is 8.41. The van der Waals surface area contributed by atoms with Gasteiger partial charge in [0.25, 0.3) is 0 Å². The predicted molar refractivity (Wildman–Crippen MR) is 171 cm³/mol. The molecule has 1 aromatic carbocycles. The molecular weight excluding hydrogens is 594 g/mol. The van der Waals surface area contributed by atoms with E-state index < -0.39 is 23.8 Å². The summed E-state index contributed by atoms with van der Waals surface area (Å²) < 4.78 is 17.6. The van der Waals surface area contributed by atoms with Crippen LogP contribution in [0.25, 0.3) is 0 Å². The molecule has 3 atom stereocenters. The topological polar surface area (TPSA) is 129 Å². The molecule has 2 saturated heterocycles. The first-order chi connectivity index (χ1) is 21.8. The van der Waals surface area contributed by atoms with Crippen molar-refractivity contribution >= 4 is 23.8 Å². The molecule has 0 spiro atoms. The maximum atomic E-state index is 13.9. The Kier molecular flexibility index (Phi) is 11.8. The van der Waals surface area contributed by atoms with Gasteiger partial charge >= 0.3 is 12.0 Å². The number of methoxy groups -OCH3 is 1. The van der Waals surface area contributed by atoms with Crippen LogP contribution in [-0.2, 0) is 14.4 Å². The van der Waals surface area contributed by atoms with Gasteiger partial charge in [0.15, 0.2) is 11.5 Å². The third-order valence-corrected chi connectivity index (χ3v) is 9.29. The molecule has 0 aromatic heterocycles. The van der Waals surface area contributed by atoms with Gasteiger partial charge in [-0.2, -0.15) is 0 Å². The SMILES string of the molecule is CCCCN(CCCC[N+](C)(C)C)C(=O)CN1C[C@H](c2cc(OC)c3c(c2)OCO3)[C@@H](C(=O)O)[C@@H]1CCN1C(=O)CCN(C)C1=O. The van der Waals surface area contributed by atoms with Gasteiger partial charge in [-0.1, -0.05) is 13.3 Å². The molecule has 4 rings (SSSR count). The van der Waals surface area contributed by atoms with Crippen LogP contribution in [-0.4, -0.2) is 147 Å². The van der Waals surface area contributed by atoms with Gasteiger partial charge in [-0.15, -0.1) is 0 Å². The summed E-state index contributed by atoms with van der Waals surface area (Å²) >= 11 is 0. The zero-order valence-electron chi connectivity index (χ0n) is 28.3. The molecule has 0 bridgehead atoms. The van der Waals surface area contributed by atoms with Crippen molar-refractivity contribution in [2.75, 3.05) is 87.9 Å². The summed E-state index contributed by atoms with van der Waals surface area (Å²) in [7, 11) is 9.63. The van der Waals surface area contributed by atoms with Crippen LogP contribution in [0.1, 0.15) is 56.9 Å². The van der Waals surface area contributed by atoms with E-state index in [-0.39, 0.29) is 50.6 Å². The van der Waals surface area contributed by atoms with Crippen LogP contribution in [0.15, 0.2) is 12.1 Å². The van der Waals surface area contributed by atoms with E-state index in [1.807, 2.05) is 9.80 Å². The van der Waals surface area contributed by atoms with Crippen LogP contribution in [0, 0.1) is 5.92 Å². The Morgan fingerprint density at radius 3 is 2.52 bits per heavy atom. The van der Waals surface area contributed by atoms with Gasteiger partial charge in [0, 0.05) is 58.2 Å². The first kappa shape index (κ1) is 35.3. The summed E-state index contributed by atoms with van der Waals surface area (Å²) in [6.07, 6.45) is 4.17. The van der Waals surface area contributed by atoms with Gasteiger partial charge in [-0.3, -0.25) is 24.2 Å². The number of urea groups is 1. The molecule has 1 N–H and O–H groups in total. The Balaban J connectivity index is 1.60. The number of ether oxygens (including phenoxy) is 3. The zero-order valence-corrected chi connectivity index (χ0v) is 28.3. The monoisotopic (exact) mass is 646 g/mol. The lowest BCUT2D eigenvalue weighted by Crippen LogP contribution is -2.52. The highest BCUT2D eigenvalue weighted by molar-refractivity contribution is 5.96. The number of amides is 4. The minimum absolute atomic E-state index is 0.0402. The van der Waals surface area contributed by atoms with Crippen LogP contribution in [0.5, 0.6) is 17.2 Å². The predicted octanol–water partition coefficient (Wildman–Crippen LogP) is 2.68. The zero-order chi connectivity index (χ0) is 33.6. The van der Waals surface area contributed by atoms with E-state index in [0.29, 0.717) is 49.0 Å². The van der Waals surface area contributed by atoms with Crippen LogP contribution in [0.2, 0.25) is 0 Å². The molecular formula is C33H52N5O8+. The second kappa shape index (κ2) is 15.3. The molecule has 13 heteroatoms. The smallest absolute Gasteiger partial charge is 0.326 e. The Bertz CT molecular complexity index is 1270. The molecule has 3 aliphatic heterocycles.